The van der Waals surface area contributed by atoms with E-state index in [4.69, 9.17) is 5.73 Å². The van der Waals surface area contributed by atoms with Crippen LogP contribution in [0.25, 0.3) is 0 Å². The fourth-order valence-corrected chi connectivity index (χ4v) is 4.75. The molecular formula is C26H35FN4O2S. The predicted molar refractivity (Wildman–Crippen MR) is 137 cm³/mol. The Morgan fingerprint density at radius 3 is 2.50 bits per heavy atom. The van der Waals surface area contributed by atoms with Crippen molar-refractivity contribution in [3.63, 3.8) is 0 Å². The molecule has 8 heteroatoms. The summed E-state index contributed by atoms with van der Waals surface area (Å²) in [4.78, 5) is 31.7. The van der Waals surface area contributed by atoms with Gasteiger partial charge >= 0.3 is 0 Å². The van der Waals surface area contributed by atoms with Gasteiger partial charge in [0.05, 0.1) is 6.04 Å². The van der Waals surface area contributed by atoms with E-state index in [0.29, 0.717) is 39.1 Å². The van der Waals surface area contributed by atoms with Crippen LogP contribution in [0.1, 0.15) is 30.9 Å². The summed E-state index contributed by atoms with van der Waals surface area (Å²) in [6.45, 7) is 5.16. The summed E-state index contributed by atoms with van der Waals surface area (Å²) in [6, 6.07) is 13.7. The lowest BCUT2D eigenvalue weighted by molar-refractivity contribution is -0.133. The lowest BCUT2D eigenvalue weighted by Gasteiger charge is -2.30. The molecule has 0 saturated carbocycles. The first-order valence-corrected chi connectivity index (χ1v) is 13.1. The Morgan fingerprint density at radius 2 is 1.79 bits per heavy atom. The van der Waals surface area contributed by atoms with E-state index < -0.39 is 6.04 Å². The fourth-order valence-electron chi connectivity index (χ4n) is 4.26. The van der Waals surface area contributed by atoms with Crippen LogP contribution in [0.3, 0.4) is 0 Å². The molecule has 6 nitrogen and oxygen atoms in total. The number of rotatable bonds is 6. The Morgan fingerprint density at radius 1 is 1.06 bits per heavy atom. The SMILES string of the molecule is CSCC[C@H](N)C(=O)N1CCN(Cc2ccc(F)cc2)CCCN(C(C)=O)c2ccccc2C1. The van der Waals surface area contributed by atoms with E-state index in [1.165, 1.54) is 12.1 Å². The first kappa shape index (κ1) is 26.2. The number of fused-ring (bicyclic) bond motifs is 1. The molecule has 0 fully saturated rings. The third-order valence-corrected chi connectivity index (χ3v) is 6.79. The van der Waals surface area contributed by atoms with Crippen LogP contribution >= 0.6 is 11.8 Å². The second-order valence-electron chi connectivity index (χ2n) is 8.70. The lowest BCUT2D eigenvalue weighted by atomic mass is 10.1. The van der Waals surface area contributed by atoms with Gasteiger partial charge in [0.2, 0.25) is 11.8 Å². The minimum atomic E-state index is -0.556. The van der Waals surface area contributed by atoms with Crippen LogP contribution in [0.4, 0.5) is 10.1 Å². The predicted octanol–water partition coefficient (Wildman–Crippen LogP) is 3.49. The van der Waals surface area contributed by atoms with Crippen molar-refractivity contribution in [1.29, 1.82) is 0 Å². The summed E-state index contributed by atoms with van der Waals surface area (Å²) in [6.07, 6.45) is 3.41. The number of carbonyl (C=O) groups excluding carboxylic acids is 2. The van der Waals surface area contributed by atoms with E-state index in [9.17, 15) is 14.0 Å². The molecular weight excluding hydrogens is 451 g/mol. The zero-order valence-corrected chi connectivity index (χ0v) is 20.9. The Balaban J connectivity index is 1.88. The smallest absolute Gasteiger partial charge is 0.239 e. The van der Waals surface area contributed by atoms with Crippen molar-refractivity contribution in [2.24, 2.45) is 5.73 Å². The number of hydrogen-bond donors (Lipinski definition) is 1. The fraction of sp³-hybridized carbons (Fsp3) is 0.462. The van der Waals surface area contributed by atoms with E-state index in [1.807, 2.05) is 35.4 Å². The highest BCUT2D eigenvalue weighted by Gasteiger charge is 2.25. The molecule has 1 aliphatic rings. The van der Waals surface area contributed by atoms with E-state index >= 15 is 0 Å². The van der Waals surface area contributed by atoms with Gasteiger partial charge in [0.25, 0.3) is 0 Å². The summed E-state index contributed by atoms with van der Waals surface area (Å²) >= 11 is 1.68. The molecule has 2 amide bonds. The van der Waals surface area contributed by atoms with Gasteiger partial charge in [0.15, 0.2) is 0 Å². The van der Waals surface area contributed by atoms with Crippen molar-refractivity contribution in [3.05, 3.63) is 65.5 Å². The van der Waals surface area contributed by atoms with Gasteiger partial charge in [-0.1, -0.05) is 30.3 Å². The zero-order chi connectivity index (χ0) is 24.5. The van der Waals surface area contributed by atoms with Crippen LogP contribution in [0.15, 0.2) is 48.5 Å². The molecule has 34 heavy (non-hydrogen) atoms. The Hall–Kier alpha value is -2.42. The van der Waals surface area contributed by atoms with Crippen molar-refractivity contribution in [2.45, 2.75) is 38.9 Å². The Labute approximate surface area is 206 Å². The highest BCUT2D eigenvalue weighted by molar-refractivity contribution is 7.98. The van der Waals surface area contributed by atoms with Gasteiger partial charge in [0.1, 0.15) is 5.82 Å². The molecule has 0 saturated heterocycles. The quantitative estimate of drug-likeness (QED) is 0.677. The molecule has 1 aliphatic heterocycles. The highest BCUT2D eigenvalue weighted by atomic mass is 32.2. The van der Waals surface area contributed by atoms with E-state index in [2.05, 4.69) is 4.90 Å². The number of benzene rings is 2. The molecule has 2 aromatic rings. The first-order chi connectivity index (χ1) is 16.4. The molecule has 1 heterocycles. The third kappa shape index (κ3) is 7.29. The van der Waals surface area contributed by atoms with Crippen molar-refractivity contribution in [1.82, 2.24) is 9.80 Å². The number of amides is 2. The van der Waals surface area contributed by atoms with Gasteiger partial charge in [-0.25, -0.2) is 4.39 Å². The Bertz CT molecular complexity index is 956. The van der Waals surface area contributed by atoms with Crippen molar-refractivity contribution in [3.8, 4) is 0 Å². The molecule has 0 aromatic heterocycles. The van der Waals surface area contributed by atoms with Gasteiger partial charge in [-0.2, -0.15) is 11.8 Å². The van der Waals surface area contributed by atoms with E-state index in [1.54, 1.807) is 35.7 Å². The maximum atomic E-state index is 13.4. The molecule has 0 radical (unpaired) electrons. The minimum Gasteiger partial charge on any atom is -0.336 e. The molecule has 0 aliphatic carbocycles. The number of thioether (sulfide) groups is 1. The molecule has 184 valence electrons. The van der Waals surface area contributed by atoms with Crippen LogP contribution in [-0.4, -0.2) is 65.8 Å². The highest BCUT2D eigenvalue weighted by Crippen LogP contribution is 2.24. The van der Waals surface area contributed by atoms with Crippen molar-refractivity contribution in [2.75, 3.05) is 43.1 Å². The molecule has 0 bridgehead atoms. The largest absolute Gasteiger partial charge is 0.336 e. The summed E-state index contributed by atoms with van der Waals surface area (Å²) < 4.78 is 13.4. The number of anilines is 1. The summed E-state index contributed by atoms with van der Waals surface area (Å²) in [5, 5.41) is 0. The Kier molecular flexibility index (Phi) is 9.92. The monoisotopic (exact) mass is 486 g/mol. The van der Waals surface area contributed by atoms with Crippen molar-refractivity contribution < 1.29 is 14.0 Å². The normalized spacial score (nSPS) is 16.5. The summed E-state index contributed by atoms with van der Waals surface area (Å²) in [5.74, 6) is 0.476. The second kappa shape index (κ2) is 12.9. The molecule has 1 atom stereocenters. The van der Waals surface area contributed by atoms with Gasteiger partial charge in [0, 0.05) is 51.9 Å². The molecule has 2 N–H and O–H groups in total. The van der Waals surface area contributed by atoms with Crippen LogP contribution in [0.2, 0.25) is 0 Å². The number of nitrogens with zero attached hydrogens (tertiary/aromatic N) is 3. The summed E-state index contributed by atoms with van der Waals surface area (Å²) in [5.41, 5.74) is 9.07. The average molecular weight is 487 g/mol. The molecule has 3 rings (SSSR count). The second-order valence-corrected chi connectivity index (χ2v) is 9.69. The maximum absolute atomic E-state index is 13.4. The van der Waals surface area contributed by atoms with E-state index in [0.717, 1.165) is 35.5 Å². The van der Waals surface area contributed by atoms with E-state index in [-0.39, 0.29) is 17.6 Å². The van der Waals surface area contributed by atoms with Gasteiger partial charge < -0.3 is 15.5 Å². The van der Waals surface area contributed by atoms with Gasteiger partial charge in [-0.3, -0.25) is 14.5 Å². The number of hydrogen-bond acceptors (Lipinski definition) is 5. The number of nitrogens with two attached hydrogens (primary N) is 1. The summed E-state index contributed by atoms with van der Waals surface area (Å²) in [7, 11) is 0. The third-order valence-electron chi connectivity index (χ3n) is 6.15. The van der Waals surface area contributed by atoms with Crippen LogP contribution in [0.5, 0.6) is 0 Å². The standard InChI is InChI=1S/C26H35FN4O2S/c1-20(32)31-14-5-13-29(18-21-8-10-23(27)11-9-21)15-16-30(26(33)24(28)12-17-34-2)19-22-6-3-4-7-25(22)31/h3-4,6-11,24H,5,12-19,28H2,1-2H3/t24-/m0/s1. The molecule has 2 aromatic carbocycles. The van der Waals surface area contributed by atoms with Crippen LogP contribution in [-0.2, 0) is 22.7 Å². The average Bonchev–Trinajstić information content (AvgIpc) is 2.86. The van der Waals surface area contributed by atoms with Gasteiger partial charge in [-0.15, -0.1) is 0 Å². The van der Waals surface area contributed by atoms with Crippen LogP contribution < -0.4 is 10.6 Å². The van der Waals surface area contributed by atoms with Crippen molar-refractivity contribution >= 4 is 29.3 Å². The van der Waals surface area contributed by atoms with Gasteiger partial charge in [-0.05, 0) is 54.2 Å². The topological polar surface area (TPSA) is 69.9 Å². The number of carbonyl (C=O) groups is 2. The lowest BCUT2D eigenvalue weighted by Crippen LogP contribution is -2.46. The zero-order valence-electron chi connectivity index (χ0n) is 20.1. The number of halogens is 1. The number of para-hydroxylation sites is 1. The molecule has 0 spiro atoms. The molecule has 0 unspecified atom stereocenters. The minimum absolute atomic E-state index is 0.0219. The first-order valence-electron chi connectivity index (χ1n) is 11.7. The van der Waals surface area contributed by atoms with Crippen LogP contribution in [0, 0.1) is 5.82 Å². The maximum Gasteiger partial charge on any atom is 0.239 e.